The summed E-state index contributed by atoms with van der Waals surface area (Å²) in [5.74, 6) is -0.549. The predicted octanol–water partition coefficient (Wildman–Crippen LogP) is 3.66. The van der Waals surface area contributed by atoms with E-state index in [9.17, 15) is 14.4 Å². The molecule has 2 aromatic rings. The number of hydrogen-bond donors (Lipinski definition) is 2. The van der Waals surface area contributed by atoms with Crippen molar-refractivity contribution in [2.24, 2.45) is 0 Å². The van der Waals surface area contributed by atoms with Crippen molar-refractivity contribution in [3.05, 3.63) is 71.8 Å². The molecule has 2 rings (SSSR count). The third kappa shape index (κ3) is 10.7. The molecule has 2 N–H and O–H groups in total. The van der Waals surface area contributed by atoms with E-state index in [0.29, 0.717) is 25.8 Å². The fourth-order valence-electron chi connectivity index (χ4n) is 2.74. The zero-order valence-corrected chi connectivity index (χ0v) is 19.0. The Labute approximate surface area is 195 Å². The summed E-state index contributed by atoms with van der Waals surface area (Å²) in [6, 6.07) is 17.8. The highest BCUT2D eigenvalue weighted by Crippen LogP contribution is 2.06. The van der Waals surface area contributed by atoms with E-state index in [4.69, 9.17) is 14.2 Å². The molecule has 0 saturated heterocycles. The van der Waals surface area contributed by atoms with Gasteiger partial charge in [0.15, 0.2) is 0 Å². The average Bonchev–Trinajstić information content (AvgIpc) is 2.81. The molecule has 32 heavy (non-hydrogen) atoms. The van der Waals surface area contributed by atoms with Crippen molar-refractivity contribution in [1.82, 2.24) is 10.6 Å². The first-order chi connectivity index (χ1) is 15.1. The molecule has 2 aromatic carbocycles. The van der Waals surface area contributed by atoms with E-state index in [1.54, 1.807) is 0 Å². The van der Waals surface area contributed by atoms with Crippen molar-refractivity contribution in [2.75, 3.05) is 13.7 Å². The number of unbranched alkanes of at least 4 members (excludes halogenated alkanes) is 1. The van der Waals surface area contributed by atoms with E-state index in [2.05, 4.69) is 10.6 Å². The molecule has 0 heterocycles. The minimum atomic E-state index is -0.821. The first-order valence-electron chi connectivity index (χ1n) is 10.1. The number of amides is 2. The van der Waals surface area contributed by atoms with Gasteiger partial charge in [-0.15, -0.1) is 0 Å². The number of rotatable bonds is 11. The second kappa shape index (κ2) is 15.6. The van der Waals surface area contributed by atoms with E-state index < -0.39 is 24.2 Å². The SMILES string of the molecule is COC(=O)[C@H](CCCCNC(=O)OCc1ccccc1)NC(=O)OCc1ccccc1.S. The highest BCUT2D eigenvalue weighted by atomic mass is 32.1. The number of hydrogen-bond acceptors (Lipinski definition) is 6. The Morgan fingerprint density at radius 3 is 1.88 bits per heavy atom. The van der Waals surface area contributed by atoms with E-state index in [0.717, 1.165) is 11.1 Å². The highest BCUT2D eigenvalue weighted by Gasteiger charge is 2.21. The average molecular weight is 463 g/mol. The van der Waals surface area contributed by atoms with Crippen LogP contribution in [-0.4, -0.2) is 37.9 Å². The van der Waals surface area contributed by atoms with E-state index in [1.807, 2.05) is 60.7 Å². The summed E-state index contributed by atoms with van der Waals surface area (Å²) in [6.45, 7) is 0.696. The first kappa shape index (κ1) is 26.8. The summed E-state index contributed by atoms with van der Waals surface area (Å²) in [5, 5.41) is 5.19. The van der Waals surface area contributed by atoms with Crippen LogP contribution < -0.4 is 10.6 Å². The van der Waals surface area contributed by atoms with Crippen molar-refractivity contribution in [2.45, 2.75) is 38.5 Å². The Bertz CT molecular complexity index is 820. The van der Waals surface area contributed by atoms with Crippen molar-refractivity contribution < 1.29 is 28.6 Å². The molecule has 9 heteroatoms. The van der Waals surface area contributed by atoms with Gasteiger partial charge in [-0.25, -0.2) is 14.4 Å². The summed E-state index contributed by atoms with van der Waals surface area (Å²) < 4.78 is 15.0. The van der Waals surface area contributed by atoms with Crippen molar-refractivity contribution >= 4 is 31.7 Å². The van der Waals surface area contributed by atoms with Crippen molar-refractivity contribution in [3.63, 3.8) is 0 Å². The lowest BCUT2D eigenvalue weighted by molar-refractivity contribution is -0.143. The third-order valence-electron chi connectivity index (χ3n) is 4.39. The molecule has 0 radical (unpaired) electrons. The van der Waals surface area contributed by atoms with Crippen LogP contribution in [0.25, 0.3) is 0 Å². The van der Waals surface area contributed by atoms with Gasteiger partial charge in [0.25, 0.3) is 0 Å². The maximum Gasteiger partial charge on any atom is 0.408 e. The number of esters is 1. The van der Waals surface area contributed by atoms with Crippen LogP contribution in [0, 0.1) is 0 Å². The predicted molar refractivity (Wildman–Crippen MR) is 124 cm³/mol. The molecule has 1 atom stereocenters. The van der Waals surface area contributed by atoms with Gasteiger partial charge in [-0.2, -0.15) is 13.5 Å². The van der Waals surface area contributed by atoms with Gasteiger partial charge in [0.2, 0.25) is 0 Å². The summed E-state index contributed by atoms with van der Waals surface area (Å²) in [7, 11) is 1.26. The van der Waals surface area contributed by atoms with Gasteiger partial charge >= 0.3 is 18.2 Å². The maximum absolute atomic E-state index is 12.0. The fourth-order valence-corrected chi connectivity index (χ4v) is 2.74. The second-order valence-electron chi connectivity index (χ2n) is 6.77. The molecule has 0 spiro atoms. The van der Waals surface area contributed by atoms with Crippen molar-refractivity contribution in [1.29, 1.82) is 0 Å². The number of carbonyl (C=O) groups excluding carboxylic acids is 3. The largest absolute Gasteiger partial charge is 0.467 e. The van der Waals surface area contributed by atoms with Crippen LogP contribution in [0.4, 0.5) is 9.59 Å². The highest BCUT2D eigenvalue weighted by molar-refractivity contribution is 7.59. The van der Waals surface area contributed by atoms with Gasteiger partial charge in [-0.1, -0.05) is 60.7 Å². The molecule has 0 saturated carbocycles. The van der Waals surface area contributed by atoms with Crippen LogP contribution in [0.1, 0.15) is 30.4 Å². The Kier molecular flexibility index (Phi) is 13.1. The van der Waals surface area contributed by atoms with Crippen LogP contribution in [0.2, 0.25) is 0 Å². The Morgan fingerprint density at radius 1 is 0.812 bits per heavy atom. The molecular weight excluding hydrogens is 432 g/mol. The molecule has 0 fully saturated rings. The number of carbonyl (C=O) groups is 3. The van der Waals surface area contributed by atoms with Gasteiger partial charge < -0.3 is 24.8 Å². The molecule has 0 aliphatic heterocycles. The lowest BCUT2D eigenvalue weighted by Crippen LogP contribution is -2.41. The minimum absolute atomic E-state index is 0. The minimum Gasteiger partial charge on any atom is -0.467 e. The Hall–Kier alpha value is -3.20. The number of benzene rings is 2. The van der Waals surface area contributed by atoms with Crippen LogP contribution in [0.5, 0.6) is 0 Å². The third-order valence-corrected chi connectivity index (χ3v) is 4.39. The van der Waals surface area contributed by atoms with E-state index >= 15 is 0 Å². The monoisotopic (exact) mass is 462 g/mol. The molecule has 174 valence electrons. The molecule has 8 nitrogen and oxygen atoms in total. The first-order valence-corrected chi connectivity index (χ1v) is 10.1. The Balaban J connectivity index is 0.00000512. The quantitative estimate of drug-likeness (QED) is 0.300. The lowest BCUT2D eigenvalue weighted by atomic mass is 10.1. The zero-order chi connectivity index (χ0) is 22.3. The number of alkyl carbamates (subject to hydrolysis) is 2. The lowest BCUT2D eigenvalue weighted by Gasteiger charge is -2.16. The number of nitrogens with one attached hydrogen (secondary N) is 2. The van der Waals surface area contributed by atoms with Gasteiger partial charge in [0.05, 0.1) is 7.11 Å². The maximum atomic E-state index is 12.0. The van der Waals surface area contributed by atoms with Gasteiger partial charge in [0.1, 0.15) is 19.3 Å². The summed E-state index contributed by atoms with van der Waals surface area (Å²) in [5.41, 5.74) is 1.75. The molecule has 0 bridgehead atoms. The molecule has 0 aromatic heterocycles. The van der Waals surface area contributed by atoms with Crippen LogP contribution in [0.15, 0.2) is 60.7 Å². The van der Waals surface area contributed by atoms with Crippen LogP contribution in [0.3, 0.4) is 0 Å². The fraction of sp³-hybridized carbons (Fsp3) is 0.348. The summed E-state index contributed by atoms with van der Waals surface area (Å²) in [4.78, 5) is 35.7. The van der Waals surface area contributed by atoms with Crippen LogP contribution in [-0.2, 0) is 32.2 Å². The van der Waals surface area contributed by atoms with E-state index in [1.165, 1.54) is 7.11 Å². The summed E-state index contributed by atoms with van der Waals surface area (Å²) >= 11 is 0. The van der Waals surface area contributed by atoms with Gasteiger partial charge in [0, 0.05) is 6.54 Å². The molecule has 0 unspecified atom stereocenters. The molecule has 0 aliphatic rings. The number of methoxy groups -OCH3 is 1. The normalized spacial score (nSPS) is 10.8. The molecular formula is C23H30N2O6S. The van der Waals surface area contributed by atoms with Crippen LogP contribution >= 0.6 is 13.5 Å². The van der Waals surface area contributed by atoms with Gasteiger partial charge in [-0.3, -0.25) is 0 Å². The molecule has 2 amide bonds. The topological polar surface area (TPSA) is 103 Å². The van der Waals surface area contributed by atoms with Gasteiger partial charge in [-0.05, 0) is 30.4 Å². The second-order valence-corrected chi connectivity index (χ2v) is 6.77. The summed E-state index contributed by atoms with van der Waals surface area (Å²) in [6.07, 6.45) is 0.345. The zero-order valence-electron chi connectivity index (χ0n) is 18.0. The van der Waals surface area contributed by atoms with Crippen molar-refractivity contribution in [3.8, 4) is 0 Å². The smallest absolute Gasteiger partial charge is 0.408 e. The molecule has 0 aliphatic carbocycles. The standard InChI is InChI=1S/C23H28N2O6.H2S/c1-29-21(26)20(25-23(28)31-17-19-12-6-3-7-13-19)14-8-9-15-24-22(27)30-16-18-10-4-2-5-11-18;/h2-7,10-13,20H,8-9,14-17H2,1H3,(H,24,27)(H,25,28);1H2/t20-;/m0./s1. The number of ether oxygens (including phenoxy) is 3. The Morgan fingerprint density at radius 2 is 1.34 bits per heavy atom. The van der Waals surface area contributed by atoms with E-state index in [-0.39, 0.29) is 26.7 Å².